The molecule has 18 heavy (non-hydrogen) atoms. The third kappa shape index (κ3) is 3.21. The molecule has 0 fully saturated rings. The van der Waals surface area contributed by atoms with Crippen LogP contribution in [0.1, 0.15) is 48.9 Å². The molecule has 1 unspecified atom stereocenters. The second kappa shape index (κ2) is 6.17. The summed E-state index contributed by atoms with van der Waals surface area (Å²) < 4.78 is 0. The van der Waals surface area contributed by atoms with Crippen molar-refractivity contribution in [1.29, 1.82) is 0 Å². The summed E-state index contributed by atoms with van der Waals surface area (Å²) in [7, 11) is 0. The van der Waals surface area contributed by atoms with Crippen molar-refractivity contribution in [3.63, 3.8) is 0 Å². The number of thiophene rings is 1. The Hall–Kier alpha value is -1.12. The highest BCUT2D eigenvalue weighted by atomic mass is 32.1. The predicted molar refractivity (Wildman–Crippen MR) is 80.1 cm³/mol. The van der Waals surface area contributed by atoms with Crippen LogP contribution in [0, 0.1) is 0 Å². The lowest BCUT2D eigenvalue weighted by atomic mass is 10.0. The highest BCUT2D eigenvalue weighted by Crippen LogP contribution is 2.22. The molecule has 2 aromatic rings. The molecule has 2 rings (SSSR count). The van der Waals surface area contributed by atoms with Gasteiger partial charge in [0.05, 0.1) is 0 Å². The Labute approximate surface area is 114 Å². The molecule has 1 nitrogen and oxygen atoms in total. The fourth-order valence-electron chi connectivity index (χ4n) is 2.13. The molecule has 0 saturated carbocycles. The van der Waals surface area contributed by atoms with Gasteiger partial charge in [-0.05, 0) is 42.8 Å². The van der Waals surface area contributed by atoms with Crippen molar-refractivity contribution in [2.45, 2.75) is 39.3 Å². The molecular weight excluding hydrogens is 238 g/mol. The van der Waals surface area contributed by atoms with E-state index in [4.69, 9.17) is 0 Å². The standard InChI is InChI=1S/C16H21NS/c1-4-14-7-9-15(10-8-14)12(2)17-13(3)16-6-5-11-18-16/h5-13,17H,4H2,1-3H3/t12?,13-/m0/s1. The minimum Gasteiger partial charge on any atom is -0.303 e. The largest absolute Gasteiger partial charge is 0.303 e. The van der Waals surface area contributed by atoms with Gasteiger partial charge in [0.1, 0.15) is 0 Å². The first-order valence-corrected chi connectivity index (χ1v) is 7.47. The highest BCUT2D eigenvalue weighted by molar-refractivity contribution is 7.10. The topological polar surface area (TPSA) is 12.0 Å². The van der Waals surface area contributed by atoms with E-state index in [-0.39, 0.29) is 0 Å². The molecule has 1 N–H and O–H groups in total. The van der Waals surface area contributed by atoms with Crippen LogP contribution >= 0.6 is 11.3 Å². The lowest BCUT2D eigenvalue weighted by molar-refractivity contribution is 0.500. The average Bonchev–Trinajstić information content (AvgIpc) is 2.92. The average molecular weight is 259 g/mol. The van der Waals surface area contributed by atoms with E-state index in [0.29, 0.717) is 12.1 Å². The summed E-state index contributed by atoms with van der Waals surface area (Å²) in [6.45, 7) is 6.64. The quantitative estimate of drug-likeness (QED) is 0.819. The summed E-state index contributed by atoms with van der Waals surface area (Å²) in [5, 5.41) is 5.78. The zero-order valence-corrected chi connectivity index (χ0v) is 12.1. The van der Waals surface area contributed by atoms with Crippen molar-refractivity contribution in [2.75, 3.05) is 0 Å². The second-order valence-corrected chi connectivity index (χ2v) is 5.70. The first kappa shape index (κ1) is 13.3. The van der Waals surface area contributed by atoms with Crippen LogP contribution in [0.4, 0.5) is 0 Å². The molecule has 2 atom stereocenters. The Morgan fingerprint density at radius 3 is 2.33 bits per heavy atom. The molecule has 96 valence electrons. The van der Waals surface area contributed by atoms with Crippen LogP contribution in [0.3, 0.4) is 0 Å². The predicted octanol–water partition coefficient (Wildman–Crippen LogP) is 4.72. The van der Waals surface area contributed by atoms with Crippen LogP contribution in [0.5, 0.6) is 0 Å². The number of benzene rings is 1. The number of rotatable bonds is 5. The zero-order chi connectivity index (χ0) is 13.0. The summed E-state index contributed by atoms with van der Waals surface area (Å²) in [5.41, 5.74) is 2.76. The molecule has 0 aliphatic rings. The normalized spacial score (nSPS) is 14.4. The van der Waals surface area contributed by atoms with Gasteiger partial charge in [0.25, 0.3) is 0 Å². The van der Waals surface area contributed by atoms with E-state index < -0.39 is 0 Å². The summed E-state index contributed by atoms with van der Waals surface area (Å²) in [6, 6.07) is 14.0. The van der Waals surface area contributed by atoms with Gasteiger partial charge in [0.2, 0.25) is 0 Å². The van der Waals surface area contributed by atoms with Gasteiger partial charge < -0.3 is 5.32 Å². The molecular formula is C16H21NS. The maximum atomic E-state index is 3.65. The van der Waals surface area contributed by atoms with Crippen molar-refractivity contribution in [1.82, 2.24) is 5.32 Å². The minimum atomic E-state index is 0.382. The molecule has 0 bridgehead atoms. The van der Waals surface area contributed by atoms with Crippen LogP contribution in [-0.2, 0) is 6.42 Å². The second-order valence-electron chi connectivity index (χ2n) is 4.72. The Kier molecular flexibility index (Phi) is 4.56. The van der Waals surface area contributed by atoms with Crippen molar-refractivity contribution in [2.24, 2.45) is 0 Å². The summed E-state index contributed by atoms with van der Waals surface area (Å²) in [6.07, 6.45) is 1.10. The number of nitrogens with one attached hydrogen (secondary N) is 1. The highest BCUT2D eigenvalue weighted by Gasteiger charge is 2.11. The van der Waals surface area contributed by atoms with Crippen LogP contribution in [-0.4, -0.2) is 0 Å². The molecule has 1 heterocycles. The SMILES string of the molecule is CCc1ccc(C(C)N[C@@H](C)c2cccs2)cc1. The van der Waals surface area contributed by atoms with E-state index in [9.17, 15) is 0 Å². The van der Waals surface area contributed by atoms with Gasteiger partial charge in [-0.15, -0.1) is 11.3 Å². The molecule has 1 aromatic carbocycles. The van der Waals surface area contributed by atoms with Crippen LogP contribution in [0.2, 0.25) is 0 Å². The van der Waals surface area contributed by atoms with Crippen molar-refractivity contribution in [3.8, 4) is 0 Å². The molecule has 0 amide bonds. The van der Waals surface area contributed by atoms with E-state index in [1.54, 1.807) is 0 Å². The molecule has 0 saturated heterocycles. The van der Waals surface area contributed by atoms with Gasteiger partial charge in [0, 0.05) is 17.0 Å². The summed E-state index contributed by atoms with van der Waals surface area (Å²) in [5.74, 6) is 0. The van der Waals surface area contributed by atoms with E-state index in [0.717, 1.165) is 6.42 Å². The smallest absolute Gasteiger partial charge is 0.0391 e. The van der Waals surface area contributed by atoms with E-state index >= 15 is 0 Å². The summed E-state index contributed by atoms with van der Waals surface area (Å²) in [4.78, 5) is 1.40. The van der Waals surface area contributed by atoms with Crippen LogP contribution in [0.25, 0.3) is 0 Å². The molecule has 0 radical (unpaired) electrons. The minimum absolute atomic E-state index is 0.382. The molecule has 1 aromatic heterocycles. The molecule has 0 spiro atoms. The molecule has 0 aliphatic heterocycles. The monoisotopic (exact) mass is 259 g/mol. The maximum absolute atomic E-state index is 3.65. The lowest BCUT2D eigenvalue weighted by Crippen LogP contribution is -2.21. The zero-order valence-electron chi connectivity index (χ0n) is 11.3. The first-order chi connectivity index (χ1) is 8.70. The third-order valence-electron chi connectivity index (χ3n) is 3.36. The van der Waals surface area contributed by atoms with Crippen molar-refractivity contribution >= 4 is 11.3 Å². The van der Waals surface area contributed by atoms with Gasteiger partial charge in [-0.25, -0.2) is 0 Å². The van der Waals surface area contributed by atoms with Crippen LogP contribution in [0.15, 0.2) is 41.8 Å². The number of hydrogen-bond donors (Lipinski definition) is 1. The third-order valence-corrected chi connectivity index (χ3v) is 4.41. The van der Waals surface area contributed by atoms with Crippen LogP contribution < -0.4 is 5.32 Å². The maximum Gasteiger partial charge on any atom is 0.0391 e. The Bertz CT molecular complexity index is 458. The fourth-order valence-corrected chi connectivity index (χ4v) is 2.88. The van der Waals surface area contributed by atoms with E-state index in [2.05, 4.69) is 67.9 Å². The van der Waals surface area contributed by atoms with E-state index in [1.165, 1.54) is 16.0 Å². The van der Waals surface area contributed by atoms with Gasteiger partial charge in [0.15, 0.2) is 0 Å². The van der Waals surface area contributed by atoms with Gasteiger partial charge in [-0.2, -0.15) is 0 Å². The Balaban J connectivity index is 2.00. The van der Waals surface area contributed by atoms with E-state index in [1.807, 2.05) is 11.3 Å². The molecule has 2 heteroatoms. The number of hydrogen-bond acceptors (Lipinski definition) is 2. The number of aryl methyl sites for hydroxylation is 1. The van der Waals surface area contributed by atoms with Gasteiger partial charge in [-0.3, -0.25) is 0 Å². The fraction of sp³-hybridized carbons (Fsp3) is 0.375. The molecule has 0 aliphatic carbocycles. The Morgan fingerprint density at radius 2 is 1.78 bits per heavy atom. The van der Waals surface area contributed by atoms with Crippen molar-refractivity contribution in [3.05, 3.63) is 57.8 Å². The summed E-state index contributed by atoms with van der Waals surface area (Å²) >= 11 is 1.81. The first-order valence-electron chi connectivity index (χ1n) is 6.59. The van der Waals surface area contributed by atoms with Crippen molar-refractivity contribution < 1.29 is 0 Å². The van der Waals surface area contributed by atoms with Gasteiger partial charge >= 0.3 is 0 Å². The lowest BCUT2D eigenvalue weighted by Gasteiger charge is -2.19. The van der Waals surface area contributed by atoms with Gasteiger partial charge in [-0.1, -0.05) is 37.3 Å². The Morgan fingerprint density at radius 1 is 1.06 bits per heavy atom.